The van der Waals surface area contributed by atoms with Gasteiger partial charge in [0.1, 0.15) is 5.71 Å². The number of nitrogens with one attached hydrogen (secondary N) is 2. The molecule has 0 aromatic heterocycles. The van der Waals surface area contributed by atoms with Gasteiger partial charge in [-0.25, -0.2) is 10.2 Å². The molecule has 0 saturated heterocycles. The van der Waals surface area contributed by atoms with Gasteiger partial charge >= 0.3 is 5.97 Å². The molecule has 0 atom stereocenters. The molecule has 0 fully saturated rings. The number of nitrogens with zero attached hydrogens (tertiary/aromatic N) is 1. The van der Waals surface area contributed by atoms with Crippen LogP contribution in [-0.2, 0) is 9.59 Å². The van der Waals surface area contributed by atoms with Crippen LogP contribution >= 0.6 is 15.9 Å². The average Bonchev–Trinajstić information content (AvgIpc) is 2.41. The summed E-state index contributed by atoms with van der Waals surface area (Å²) in [5, 5.41) is 15.1. The van der Waals surface area contributed by atoms with Crippen molar-refractivity contribution in [2.24, 2.45) is 5.10 Å². The lowest BCUT2D eigenvalue weighted by atomic mass is 10.1. The summed E-state index contributed by atoms with van der Waals surface area (Å²) in [5.41, 5.74) is 3.00. The normalized spacial score (nSPS) is 14.2. The maximum absolute atomic E-state index is 11.9. The maximum atomic E-state index is 11.9. The highest BCUT2D eigenvalue weighted by atomic mass is 79.9. The predicted molar refractivity (Wildman–Crippen MR) is 74.5 cm³/mol. The maximum Gasteiger partial charge on any atom is 0.335 e. The first-order chi connectivity index (χ1) is 9.47. The number of carboxylic acid groups (broad SMARTS) is 1. The second-order valence-electron chi connectivity index (χ2n) is 4.05. The molecule has 20 heavy (non-hydrogen) atoms. The third kappa shape index (κ3) is 3.21. The first kappa shape index (κ1) is 14.2. The monoisotopic (exact) mass is 339 g/mol. The van der Waals surface area contributed by atoms with Crippen LogP contribution in [0.4, 0.5) is 5.69 Å². The quantitative estimate of drug-likeness (QED) is 0.772. The number of hydrogen-bond donors (Lipinski definition) is 3. The molecule has 1 aliphatic rings. The van der Waals surface area contributed by atoms with E-state index in [2.05, 4.69) is 31.8 Å². The Bertz CT molecular complexity index is 627. The molecule has 0 bridgehead atoms. The molecule has 104 valence electrons. The van der Waals surface area contributed by atoms with Gasteiger partial charge in [-0.1, -0.05) is 0 Å². The van der Waals surface area contributed by atoms with Gasteiger partial charge in [0, 0.05) is 17.3 Å². The zero-order valence-electron chi connectivity index (χ0n) is 10.1. The molecule has 2 amide bonds. The van der Waals surface area contributed by atoms with Crippen molar-refractivity contribution < 1.29 is 19.5 Å². The number of anilines is 1. The average molecular weight is 340 g/mol. The van der Waals surface area contributed by atoms with Crippen LogP contribution in [0.5, 0.6) is 0 Å². The van der Waals surface area contributed by atoms with Crippen molar-refractivity contribution in [3.8, 4) is 0 Å². The number of carbonyl (C=O) groups excluding carboxylic acids is 2. The van der Waals surface area contributed by atoms with E-state index in [-0.39, 0.29) is 30.0 Å². The van der Waals surface area contributed by atoms with Crippen molar-refractivity contribution in [2.75, 3.05) is 5.32 Å². The van der Waals surface area contributed by atoms with E-state index in [4.69, 9.17) is 5.11 Å². The molecule has 0 aliphatic carbocycles. The molecule has 0 spiro atoms. The van der Waals surface area contributed by atoms with Gasteiger partial charge in [0.05, 0.1) is 11.3 Å². The van der Waals surface area contributed by atoms with Gasteiger partial charge in [-0.3, -0.25) is 9.59 Å². The second kappa shape index (κ2) is 5.83. The Morgan fingerprint density at radius 2 is 2.10 bits per heavy atom. The van der Waals surface area contributed by atoms with E-state index in [9.17, 15) is 14.4 Å². The fraction of sp³-hybridized carbons (Fsp3) is 0.167. The standard InChI is InChI=1S/C12H10BrN3O4/c13-7-5-6(12(19)20)1-2-8(7)14-11(18)9-3-4-10(17)16-15-9/h1-2,5H,3-4H2,(H,14,18)(H,16,17)(H,19,20). The summed E-state index contributed by atoms with van der Waals surface area (Å²) >= 11 is 3.19. The topological polar surface area (TPSA) is 108 Å². The third-order valence-electron chi connectivity index (χ3n) is 2.63. The summed E-state index contributed by atoms with van der Waals surface area (Å²) in [6.45, 7) is 0. The molecule has 7 nitrogen and oxygen atoms in total. The largest absolute Gasteiger partial charge is 0.478 e. The van der Waals surface area contributed by atoms with Crippen molar-refractivity contribution in [3.63, 3.8) is 0 Å². The van der Waals surface area contributed by atoms with Crippen LogP contribution in [0.1, 0.15) is 23.2 Å². The van der Waals surface area contributed by atoms with Gasteiger partial charge in [0.15, 0.2) is 0 Å². The summed E-state index contributed by atoms with van der Waals surface area (Å²) in [4.78, 5) is 33.6. The van der Waals surface area contributed by atoms with E-state index in [1.165, 1.54) is 18.2 Å². The Morgan fingerprint density at radius 3 is 2.65 bits per heavy atom. The fourth-order valence-corrected chi connectivity index (χ4v) is 2.06. The van der Waals surface area contributed by atoms with E-state index >= 15 is 0 Å². The number of rotatable bonds is 3. The minimum atomic E-state index is -1.05. The number of aromatic carboxylic acids is 1. The van der Waals surface area contributed by atoms with Crippen molar-refractivity contribution in [1.29, 1.82) is 0 Å². The lowest BCUT2D eigenvalue weighted by molar-refractivity contribution is -0.121. The van der Waals surface area contributed by atoms with E-state index in [1.54, 1.807) is 0 Å². The Morgan fingerprint density at radius 1 is 1.35 bits per heavy atom. The first-order valence-electron chi connectivity index (χ1n) is 5.67. The molecule has 0 unspecified atom stereocenters. The Labute approximate surface area is 122 Å². The molecule has 3 N–H and O–H groups in total. The van der Waals surface area contributed by atoms with E-state index in [1.807, 2.05) is 0 Å². The van der Waals surface area contributed by atoms with Crippen molar-refractivity contribution in [1.82, 2.24) is 5.43 Å². The zero-order valence-corrected chi connectivity index (χ0v) is 11.7. The lowest BCUT2D eigenvalue weighted by Gasteiger charge is -2.13. The molecular formula is C12H10BrN3O4. The van der Waals surface area contributed by atoms with Crippen molar-refractivity contribution >= 4 is 45.1 Å². The highest BCUT2D eigenvalue weighted by Gasteiger charge is 2.19. The number of hydrazone groups is 1. The highest BCUT2D eigenvalue weighted by Crippen LogP contribution is 2.24. The highest BCUT2D eigenvalue weighted by molar-refractivity contribution is 9.10. The molecule has 1 aromatic carbocycles. The third-order valence-corrected chi connectivity index (χ3v) is 3.29. The number of hydrogen-bond acceptors (Lipinski definition) is 4. The molecule has 1 heterocycles. The van der Waals surface area contributed by atoms with Crippen molar-refractivity contribution in [3.05, 3.63) is 28.2 Å². The van der Waals surface area contributed by atoms with Gasteiger partial charge in [-0.15, -0.1) is 0 Å². The predicted octanol–water partition coefficient (Wildman–Crippen LogP) is 1.35. The van der Waals surface area contributed by atoms with Crippen LogP contribution in [0.2, 0.25) is 0 Å². The Hall–Kier alpha value is -2.22. The summed E-state index contributed by atoms with van der Waals surface area (Å²) < 4.78 is 0.450. The number of benzene rings is 1. The Balaban J connectivity index is 2.12. The van der Waals surface area contributed by atoms with E-state index < -0.39 is 11.9 Å². The summed E-state index contributed by atoms with van der Waals surface area (Å²) in [5.74, 6) is -1.72. The number of amides is 2. The lowest BCUT2D eigenvalue weighted by Crippen LogP contribution is -2.32. The van der Waals surface area contributed by atoms with Crippen LogP contribution < -0.4 is 10.7 Å². The summed E-state index contributed by atoms with van der Waals surface area (Å²) in [6, 6.07) is 4.25. The summed E-state index contributed by atoms with van der Waals surface area (Å²) in [6.07, 6.45) is 0.480. The summed E-state index contributed by atoms with van der Waals surface area (Å²) in [7, 11) is 0. The van der Waals surface area contributed by atoms with Crippen molar-refractivity contribution in [2.45, 2.75) is 12.8 Å². The van der Waals surface area contributed by atoms with Gasteiger partial charge in [0.2, 0.25) is 5.91 Å². The van der Waals surface area contributed by atoms with Crippen LogP contribution in [-0.4, -0.2) is 28.6 Å². The molecule has 2 rings (SSSR count). The zero-order chi connectivity index (χ0) is 14.7. The smallest absolute Gasteiger partial charge is 0.335 e. The molecule has 0 radical (unpaired) electrons. The number of carboxylic acids is 1. The molecule has 1 aromatic rings. The van der Waals surface area contributed by atoms with E-state index in [0.29, 0.717) is 10.2 Å². The minimum Gasteiger partial charge on any atom is -0.478 e. The SMILES string of the molecule is O=C1CCC(C(=O)Nc2ccc(C(=O)O)cc2Br)=NN1. The molecule has 8 heteroatoms. The number of halogens is 1. The van der Waals surface area contributed by atoms with Crippen LogP contribution in [0, 0.1) is 0 Å². The van der Waals surface area contributed by atoms with Crippen LogP contribution in [0.15, 0.2) is 27.8 Å². The molecular weight excluding hydrogens is 330 g/mol. The minimum absolute atomic E-state index is 0.108. The molecule has 1 aliphatic heterocycles. The number of carbonyl (C=O) groups is 3. The molecule has 0 saturated carbocycles. The first-order valence-corrected chi connectivity index (χ1v) is 6.46. The van der Waals surface area contributed by atoms with Gasteiger partial charge < -0.3 is 10.4 Å². The second-order valence-corrected chi connectivity index (χ2v) is 4.90. The van der Waals surface area contributed by atoms with Crippen LogP contribution in [0.3, 0.4) is 0 Å². The van der Waals surface area contributed by atoms with Gasteiger partial charge in [-0.2, -0.15) is 5.10 Å². The van der Waals surface area contributed by atoms with Crippen LogP contribution in [0.25, 0.3) is 0 Å². The van der Waals surface area contributed by atoms with E-state index in [0.717, 1.165) is 0 Å². The van der Waals surface area contributed by atoms with Gasteiger partial charge in [-0.05, 0) is 34.1 Å². The fourth-order valence-electron chi connectivity index (χ4n) is 1.58. The van der Waals surface area contributed by atoms with Gasteiger partial charge in [0.25, 0.3) is 5.91 Å². The Kier molecular flexibility index (Phi) is 4.14.